The molecule has 0 aliphatic carbocycles. The molecule has 2 fully saturated rings. The number of sulfonamides is 1. The number of nitrogens with one attached hydrogen (secondary N) is 1. The quantitative estimate of drug-likeness (QED) is 0.312. The predicted octanol–water partition coefficient (Wildman–Crippen LogP) is 2.29. The summed E-state index contributed by atoms with van der Waals surface area (Å²) >= 11 is 0. The van der Waals surface area contributed by atoms with Crippen LogP contribution in [-0.4, -0.2) is 93.8 Å². The van der Waals surface area contributed by atoms with Crippen molar-refractivity contribution in [3.8, 4) is 0 Å². The van der Waals surface area contributed by atoms with Crippen LogP contribution >= 0.6 is 10.7 Å². The van der Waals surface area contributed by atoms with Crippen molar-refractivity contribution in [2.45, 2.75) is 23.6 Å². The van der Waals surface area contributed by atoms with Crippen LogP contribution in [0.25, 0.3) is 0 Å². The fourth-order valence-corrected chi connectivity index (χ4v) is 6.81. The summed E-state index contributed by atoms with van der Waals surface area (Å²) in [6, 6.07) is 11.8. The van der Waals surface area contributed by atoms with Crippen molar-refractivity contribution in [3.05, 3.63) is 72.7 Å². The molecule has 2 aliphatic rings. The van der Waals surface area contributed by atoms with E-state index in [0.29, 0.717) is 31.9 Å². The molecule has 6 heterocycles. The van der Waals surface area contributed by atoms with E-state index in [1.54, 1.807) is 13.1 Å². The molecular weight excluding hydrogens is 620 g/mol. The summed E-state index contributed by atoms with van der Waals surface area (Å²) in [5.74, 6) is 1.97. The third kappa shape index (κ3) is 8.73. The highest BCUT2D eigenvalue weighted by Crippen LogP contribution is 2.22. The molecule has 2 aliphatic heterocycles. The monoisotopic (exact) mass is 652 g/mol. The molecule has 0 unspecified atom stereocenters. The van der Waals surface area contributed by atoms with E-state index in [1.165, 1.54) is 17.5 Å². The molecule has 0 aromatic carbocycles. The first-order valence-corrected chi connectivity index (χ1v) is 17.1. The first-order valence-electron chi connectivity index (χ1n) is 13.4. The van der Waals surface area contributed by atoms with Crippen LogP contribution in [0.5, 0.6) is 0 Å². The number of pyridine rings is 2. The second-order valence-electron chi connectivity index (χ2n) is 9.47. The van der Waals surface area contributed by atoms with Crippen molar-refractivity contribution in [1.29, 1.82) is 0 Å². The average Bonchev–Trinajstić information content (AvgIpc) is 3.68. The molecule has 43 heavy (non-hydrogen) atoms. The lowest BCUT2D eigenvalue weighted by Crippen LogP contribution is -2.48. The zero-order valence-corrected chi connectivity index (χ0v) is 26.1. The van der Waals surface area contributed by atoms with Gasteiger partial charge in [-0.3, -0.25) is 0 Å². The fourth-order valence-electron chi connectivity index (χ4n) is 4.32. The number of aryl methyl sites for hydroxylation is 2. The van der Waals surface area contributed by atoms with E-state index in [2.05, 4.69) is 46.0 Å². The van der Waals surface area contributed by atoms with Crippen LogP contribution in [-0.2, 0) is 19.1 Å². The smallest absolute Gasteiger partial charge is 0.266 e. The highest BCUT2D eigenvalue weighted by molar-refractivity contribution is 8.13. The van der Waals surface area contributed by atoms with Gasteiger partial charge < -0.3 is 24.2 Å². The molecule has 0 radical (unpaired) electrons. The highest BCUT2D eigenvalue weighted by Gasteiger charge is 2.31. The van der Waals surface area contributed by atoms with E-state index in [4.69, 9.17) is 15.2 Å². The highest BCUT2D eigenvalue weighted by atomic mass is 35.7. The Morgan fingerprint density at radius 2 is 1.21 bits per heavy atom. The Labute approximate surface area is 255 Å². The Hall–Kier alpha value is -3.57. The van der Waals surface area contributed by atoms with Gasteiger partial charge in [-0.2, -0.15) is 4.31 Å². The maximum atomic E-state index is 12.5. The molecule has 4 aromatic rings. The Morgan fingerprint density at radius 1 is 0.721 bits per heavy atom. The SMILES string of the molecule is Cc1nocc1S(=O)(=O)Cl.Cc1nocc1S(=O)(=O)N1CCN(c2ccccn2)CC1.c1ccc(N2CCNCC2)nc1. The first kappa shape index (κ1) is 32.3. The third-order valence-electron chi connectivity index (χ3n) is 6.59. The number of hydrogen-bond acceptors (Lipinski definition) is 13. The number of piperazine rings is 2. The van der Waals surface area contributed by atoms with E-state index in [-0.39, 0.29) is 15.5 Å². The Balaban J connectivity index is 0.000000163. The lowest BCUT2D eigenvalue weighted by Gasteiger charge is -2.34. The van der Waals surface area contributed by atoms with Crippen LogP contribution in [0.2, 0.25) is 0 Å². The lowest BCUT2D eigenvalue weighted by molar-refractivity contribution is 0.382. The molecule has 232 valence electrons. The second kappa shape index (κ2) is 14.7. The van der Waals surface area contributed by atoms with Gasteiger partial charge in [0.05, 0.1) is 0 Å². The summed E-state index contributed by atoms with van der Waals surface area (Å²) < 4.78 is 56.7. The third-order valence-corrected chi connectivity index (χ3v) is 10.0. The summed E-state index contributed by atoms with van der Waals surface area (Å²) in [4.78, 5) is 13.0. The predicted molar refractivity (Wildman–Crippen MR) is 160 cm³/mol. The molecule has 0 amide bonds. The summed E-state index contributed by atoms with van der Waals surface area (Å²) in [5.41, 5.74) is 0.664. The number of anilines is 2. The van der Waals surface area contributed by atoms with Gasteiger partial charge in [-0.05, 0) is 38.1 Å². The topological polar surface area (TPSA) is 168 Å². The van der Waals surface area contributed by atoms with Crippen molar-refractivity contribution in [2.75, 3.05) is 62.2 Å². The molecule has 0 atom stereocenters. The van der Waals surface area contributed by atoms with Gasteiger partial charge in [0.2, 0.25) is 10.0 Å². The van der Waals surface area contributed by atoms with Crippen LogP contribution in [0.3, 0.4) is 0 Å². The van der Waals surface area contributed by atoms with Crippen LogP contribution in [0, 0.1) is 13.8 Å². The fraction of sp³-hybridized carbons (Fsp3) is 0.385. The molecule has 0 saturated carbocycles. The zero-order valence-electron chi connectivity index (χ0n) is 23.7. The summed E-state index contributed by atoms with van der Waals surface area (Å²) in [6.45, 7) is 9.45. The number of aromatic nitrogens is 4. The molecular formula is C26H33ClN8O6S2. The molecule has 0 bridgehead atoms. The number of hydrogen-bond donors (Lipinski definition) is 1. The molecule has 14 nitrogen and oxygen atoms in total. The molecule has 4 aromatic heterocycles. The molecule has 2 saturated heterocycles. The Morgan fingerprint density at radius 3 is 1.60 bits per heavy atom. The van der Waals surface area contributed by atoms with E-state index < -0.39 is 19.1 Å². The van der Waals surface area contributed by atoms with E-state index in [0.717, 1.165) is 44.1 Å². The van der Waals surface area contributed by atoms with E-state index in [1.807, 2.05) is 36.5 Å². The standard InChI is InChI=1S/C13H16N4O3S.C9H13N3.C4H4ClNO3S/c1-11-12(10-20-15-11)21(18,19)17-8-6-16(7-9-17)13-4-2-3-5-14-13;1-2-4-11-9(3-1)12-7-5-10-6-8-12;1-3-4(2-9-6-3)10(5,7)8/h2-5,10H,6-9H2,1H3;1-4,10H,5-8H2;2H,1H3. The summed E-state index contributed by atoms with van der Waals surface area (Å²) in [7, 11) is -2.22. The van der Waals surface area contributed by atoms with Crippen LogP contribution < -0.4 is 15.1 Å². The largest absolute Gasteiger partial charge is 0.363 e. The minimum absolute atomic E-state index is 0.0748. The van der Waals surface area contributed by atoms with Crippen molar-refractivity contribution in [1.82, 2.24) is 29.9 Å². The Bertz CT molecular complexity index is 1640. The van der Waals surface area contributed by atoms with Gasteiger partial charge in [-0.15, -0.1) is 0 Å². The van der Waals surface area contributed by atoms with Gasteiger partial charge in [-0.1, -0.05) is 22.4 Å². The van der Waals surface area contributed by atoms with Crippen LogP contribution in [0.4, 0.5) is 11.6 Å². The molecule has 17 heteroatoms. The first-order chi connectivity index (χ1) is 20.6. The van der Waals surface area contributed by atoms with Crippen molar-refractivity contribution in [2.24, 2.45) is 0 Å². The number of nitrogens with zero attached hydrogens (tertiary/aromatic N) is 7. The van der Waals surface area contributed by atoms with Gasteiger partial charge in [0, 0.05) is 75.4 Å². The van der Waals surface area contributed by atoms with Crippen molar-refractivity contribution >= 4 is 41.4 Å². The Kier molecular flexibility index (Phi) is 11.1. The maximum absolute atomic E-state index is 12.5. The van der Waals surface area contributed by atoms with Gasteiger partial charge in [-0.25, -0.2) is 26.8 Å². The zero-order chi connectivity index (χ0) is 30.9. The molecule has 6 rings (SSSR count). The van der Waals surface area contributed by atoms with Crippen LogP contribution in [0.1, 0.15) is 11.4 Å². The van der Waals surface area contributed by atoms with Gasteiger partial charge in [0.25, 0.3) is 9.05 Å². The van der Waals surface area contributed by atoms with Gasteiger partial charge in [0.1, 0.15) is 45.3 Å². The van der Waals surface area contributed by atoms with Crippen LogP contribution in [0.15, 0.2) is 80.2 Å². The van der Waals surface area contributed by atoms with Crippen molar-refractivity contribution in [3.63, 3.8) is 0 Å². The van der Waals surface area contributed by atoms with Gasteiger partial charge >= 0.3 is 0 Å². The molecule has 1 N–H and O–H groups in total. The van der Waals surface area contributed by atoms with E-state index >= 15 is 0 Å². The van der Waals surface area contributed by atoms with Crippen molar-refractivity contribution < 1.29 is 25.9 Å². The minimum atomic E-state index is -3.67. The second-order valence-corrected chi connectivity index (χ2v) is 13.9. The molecule has 0 spiro atoms. The lowest BCUT2D eigenvalue weighted by atomic mass is 10.3. The maximum Gasteiger partial charge on any atom is 0.266 e. The van der Waals surface area contributed by atoms with Gasteiger partial charge in [0.15, 0.2) is 0 Å². The summed E-state index contributed by atoms with van der Waals surface area (Å²) in [5, 5.41) is 10.3. The minimum Gasteiger partial charge on any atom is -0.363 e. The normalized spacial score (nSPS) is 16.1. The number of rotatable bonds is 5. The van der Waals surface area contributed by atoms with E-state index in [9.17, 15) is 16.8 Å². The average molecular weight is 653 g/mol. The number of halogens is 1. The summed E-state index contributed by atoms with van der Waals surface area (Å²) in [6.07, 6.45) is 5.77.